The van der Waals surface area contributed by atoms with Crippen molar-refractivity contribution in [1.82, 2.24) is 5.32 Å². The van der Waals surface area contributed by atoms with Gasteiger partial charge in [0.05, 0.1) is 12.3 Å². The highest BCUT2D eigenvalue weighted by molar-refractivity contribution is 8.15. The molecule has 146 valence electrons. The highest BCUT2D eigenvalue weighted by Crippen LogP contribution is 2.27. The number of aryl methyl sites for hydroxylation is 2. The molecule has 0 unspecified atom stereocenters. The summed E-state index contributed by atoms with van der Waals surface area (Å²) in [6.07, 6.45) is 0.0899. The van der Waals surface area contributed by atoms with Crippen LogP contribution in [0.5, 0.6) is 5.75 Å². The zero-order valence-electron chi connectivity index (χ0n) is 16.1. The third kappa shape index (κ3) is 4.92. The van der Waals surface area contributed by atoms with Crippen LogP contribution in [0.25, 0.3) is 0 Å². The number of rotatable bonds is 6. The Morgan fingerprint density at radius 2 is 1.86 bits per heavy atom. The second kappa shape index (κ2) is 8.93. The third-order valence-corrected chi connectivity index (χ3v) is 5.35. The molecule has 28 heavy (non-hydrogen) atoms. The first-order chi connectivity index (χ1) is 13.5. The minimum absolute atomic E-state index is 0.0899. The standard InChI is InChI=1S/C21H23N3O3S/c1-4-27-16-10-8-15(9-11-16)22-21-24-20(26)17(28-21)12-18(25)23-19-13(2)6-5-7-14(19)3/h5-11,17H,4,12H2,1-3H3,(H,23,25)(H,22,24,26)/t17-/m0/s1. The van der Waals surface area contributed by atoms with E-state index in [1.807, 2.05) is 63.2 Å². The van der Waals surface area contributed by atoms with Crippen molar-refractivity contribution in [3.63, 3.8) is 0 Å². The molecule has 0 radical (unpaired) electrons. The maximum absolute atomic E-state index is 12.4. The van der Waals surface area contributed by atoms with Gasteiger partial charge in [0.15, 0.2) is 5.17 Å². The first-order valence-electron chi connectivity index (χ1n) is 9.11. The number of hydrogen-bond donors (Lipinski definition) is 2. The lowest BCUT2D eigenvalue weighted by Crippen LogP contribution is -2.28. The van der Waals surface area contributed by atoms with Crippen LogP contribution < -0.4 is 15.4 Å². The normalized spacial score (nSPS) is 17.5. The van der Waals surface area contributed by atoms with E-state index >= 15 is 0 Å². The van der Waals surface area contributed by atoms with Crippen LogP contribution in [0.2, 0.25) is 0 Å². The number of benzene rings is 2. The zero-order chi connectivity index (χ0) is 20.1. The SMILES string of the molecule is CCOc1ccc(N=C2NC(=O)[C@H](CC(=O)Nc3c(C)cccc3C)S2)cc1. The van der Waals surface area contributed by atoms with E-state index in [1.165, 1.54) is 11.8 Å². The average Bonchev–Trinajstić information content (AvgIpc) is 2.99. The summed E-state index contributed by atoms with van der Waals surface area (Å²) in [4.78, 5) is 29.1. The van der Waals surface area contributed by atoms with Crippen molar-refractivity contribution in [2.24, 2.45) is 4.99 Å². The van der Waals surface area contributed by atoms with Gasteiger partial charge < -0.3 is 15.4 Å². The number of hydrogen-bond acceptors (Lipinski definition) is 5. The molecule has 2 N–H and O–H groups in total. The van der Waals surface area contributed by atoms with Crippen LogP contribution in [0.1, 0.15) is 24.5 Å². The number of para-hydroxylation sites is 1. The molecule has 1 fully saturated rings. The van der Waals surface area contributed by atoms with E-state index in [0.29, 0.717) is 17.5 Å². The summed E-state index contributed by atoms with van der Waals surface area (Å²) in [6.45, 7) is 6.42. The van der Waals surface area contributed by atoms with E-state index in [0.717, 1.165) is 22.6 Å². The van der Waals surface area contributed by atoms with Crippen LogP contribution in [-0.2, 0) is 9.59 Å². The van der Waals surface area contributed by atoms with Gasteiger partial charge in [0, 0.05) is 12.1 Å². The molecule has 6 nitrogen and oxygen atoms in total. The molecule has 2 aromatic rings. The monoisotopic (exact) mass is 397 g/mol. The van der Waals surface area contributed by atoms with Gasteiger partial charge in [0.25, 0.3) is 0 Å². The molecule has 1 aliphatic heterocycles. The molecule has 0 spiro atoms. The smallest absolute Gasteiger partial charge is 0.240 e. The zero-order valence-corrected chi connectivity index (χ0v) is 16.9. The van der Waals surface area contributed by atoms with Crippen LogP contribution in [-0.4, -0.2) is 28.8 Å². The fourth-order valence-corrected chi connectivity index (χ4v) is 3.85. The van der Waals surface area contributed by atoms with Gasteiger partial charge in [0.1, 0.15) is 11.0 Å². The summed E-state index contributed by atoms with van der Waals surface area (Å²) in [7, 11) is 0. The number of nitrogens with one attached hydrogen (secondary N) is 2. The summed E-state index contributed by atoms with van der Waals surface area (Å²) < 4.78 is 5.41. The Morgan fingerprint density at radius 1 is 1.18 bits per heavy atom. The lowest BCUT2D eigenvalue weighted by Gasteiger charge is -2.12. The molecule has 1 heterocycles. The molecule has 1 atom stereocenters. The van der Waals surface area contributed by atoms with Crippen LogP contribution in [0.4, 0.5) is 11.4 Å². The Morgan fingerprint density at radius 3 is 2.50 bits per heavy atom. The molecule has 0 aromatic heterocycles. The number of carbonyl (C=O) groups excluding carboxylic acids is 2. The number of ether oxygens (including phenoxy) is 1. The number of anilines is 1. The van der Waals surface area contributed by atoms with Crippen molar-refractivity contribution in [1.29, 1.82) is 0 Å². The van der Waals surface area contributed by atoms with Gasteiger partial charge in [-0.05, 0) is 56.2 Å². The van der Waals surface area contributed by atoms with E-state index < -0.39 is 5.25 Å². The van der Waals surface area contributed by atoms with Crippen molar-refractivity contribution >= 4 is 40.1 Å². The van der Waals surface area contributed by atoms with Gasteiger partial charge in [-0.3, -0.25) is 9.59 Å². The lowest BCUT2D eigenvalue weighted by molar-refractivity contribution is -0.122. The Labute approximate surface area is 168 Å². The number of amidine groups is 1. The number of nitrogens with zero attached hydrogens (tertiary/aromatic N) is 1. The molecule has 7 heteroatoms. The Hall–Kier alpha value is -2.80. The molecule has 1 aliphatic rings. The van der Waals surface area contributed by atoms with Crippen LogP contribution in [0.15, 0.2) is 47.5 Å². The molecule has 0 bridgehead atoms. The largest absolute Gasteiger partial charge is 0.494 e. The predicted octanol–water partition coefficient (Wildman–Crippen LogP) is 3.95. The first kappa shape index (κ1) is 19.9. The second-order valence-corrected chi connectivity index (χ2v) is 7.65. The van der Waals surface area contributed by atoms with Gasteiger partial charge in [-0.2, -0.15) is 0 Å². The molecule has 3 rings (SSSR count). The summed E-state index contributed by atoms with van der Waals surface area (Å²) in [5.74, 6) is 0.384. The lowest BCUT2D eigenvalue weighted by atomic mass is 10.1. The van der Waals surface area contributed by atoms with Crippen molar-refractivity contribution in [3.8, 4) is 5.75 Å². The number of carbonyl (C=O) groups is 2. The number of aliphatic imine (C=N–C) groups is 1. The van der Waals surface area contributed by atoms with Crippen LogP contribution in [0, 0.1) is 13.8 Å². The van der Waals surface area contributed by atoms with E-state index in [2.05, 4.69) is 15.6 Å². The molecule has 0 saturated carbocycles. The van der Waals surface area contributed by atoms with Crippen molar-refractivity contribution in [2.75, 3.05) is 11.9 Å². The topological polar surface area (TPSA) is 79.8 Å². The molecule has 2 aromatic carbocycles. The van der Waals surface area contributed by atoms with Crippen molar-refractivity contribution in [2.45, 2.75) is 32.4 Å². The summed E-state index contributed by atoms with van der Waals surface area (Å²) in [6, 6.07) is 13.2. The quantitative estimate of drug-likeness (QED) is 0.773. The second-order valence-electron chi connectivity index (χ2n) is 6.46. The van der Waals surface area contributed by atoms with Crippen LogP contribution in [0.3, 0.4) is 0 Å². The molecular weight excluding hydrogens is 374 g/mol. The maximum atomic E-state index is 12.4. The first-order valence-corrected chi connectivity index (χ1v) is 9.99. The molecule has 0 aliphatic carbocycles. The highest BCUT2D eigenvalue weighted by atomic mass is 32.2. The average molecular weight is 398 g/mol. The molecular formula is C21H23N3O3S. The highest BCUT2D eigenvalue weighted by Gasteiger charge is 2.32. The fourth-order valence-electron chi connectivity index (χ4n) is 2.86. The molecule has 1 saturated heterocycles. The Kier molecular flexibility index (Phi) is 6.36. The summed E-state index contributed by atoms with van der Waals surface area (Å²) >= 11 is 1.27. The summed E-state index contributed by atoms with van der Waals surface area (Å²) in [5, 5.41) is 5.67. The number of thioether (sulfide) groups is 1. The van der Waals surface area contributed by atoms with E-state index in [1.54, 1.807) is 0 Å². The third-order valence-electron chi connectivity index (χ3n) is 4.27. The number of amides is 2. The fraction of sp³-hybridized carbons (Fsp3) is 0.286. The van der Waals surface area contributed by atoms with Gasteiger partial charge in [-0.15, -0.1) is 0 Å². The maximum Gasteiger partial charge on any atom is 0.240 e. The van der Waals surface area contributed by atoms with E-state index in [9.17, 15) is 9.59 Å². The minimum Gasteiger partial charge on any atom is -0.494 e. The molecule has 2 amide bonds. The van der Waals surface area contributed by atoms with E-state index in [-0.39, 0.29) is 18.2 Å². The predicted molar refractivity (Wildman–Crippen MR) is 113 cm³/mol. The van der Waals surface area contributed by atoms with Crippen LogP contribution >= 0.6 is 11.8 Å². The Bertz CT molecular complexity index is 889. The van der Waals surface area contributed by atoms with Gasteiger partial charge in [-0.1, -0.05) is 30.0 Å². The summed E-state index contributed by atoms with van der Waals surface area (Å²) in [5.41, 5.74) is 3.51. The van der Waals surface area contributed by atoms with E-state index in [4.69, 9.17) is 4.74 Å². The minimum atomic E-state index is -0.495. The van der Waals surface area contributed by atoms with Gasteiger partial charge >= 0.3 is 0 Å². The van der Waals surface area contributed by atoms with Gasteiger partial charge in [0.2, 0.25) is 11.8 Å². The van der Waals surface area contributed by atoms with Crippen molar-refractivity contribution in [3.05, 3.63) is 53.6 Å². The van der Waals surface area contributed by atoms with Crippen molar-refractivity contribution < 1.29 is 14.3 Å². The van der Waals surface area contributed by atoms with Gasteiger partial charge in [-0.25, -0.2) is 4.99 Å². The Balaban J connectivity index is 1.61.